The Hall–Kier alpha value is -2.42. The summed E-state index contributed by atoms with van der Waals surface area (Å²) in [5.74, 6) is -0.359. The standard InChI is InChI=1S/C18H19NO2/c1-3-15(14-9-5-4-6-10-14)18(21)19-17-12-8-7-11-16(17)13(2)20/h4-12,15H,3H2,1-2H3,(H,19,21). The van der Waals surface area contributed by atoms with Crippen molar-refractivity contribution in [2.45, 2.75) is 26.2 Å². The Kier molecular flexibility index (Phi) is 4.88. The van der Waals surface area contributed by atoms with Crippen LogP contribution < -0.4 is 5.32 Å². The van der Waals surface area contributed by atoms with Gasteiger partial charge in [-0.2, -0.15) is 0 Å². The molecular formula is C18H19NO2. The van der Waals surface area contributed by atoms with Gasteiger partial charge in [0.1, 0.15) is 0 Å². The highest BCUT2D eigenvalue weighted by atomic mass is 16.2. The van der Waals surface area contributed by atoms with Crippen LogP contribution in [0.15, 0.2) is 54.6 Å². The van der Waals surface area contributed by atoms with Crippen LogP contribution in [0.4, 0.5) is 5.69 Å². The Labute approximate surface area is 125 Å². The van der Waals surface area contributed by atoms with E-state index in [0.717, 1.165) is 5.56 Å². The average Bonchev–Trinajstić information content (AvgIpc) is 2.49. The molecule has 0 radical (unpaired) electrons. The van der Waals surface area contributed by atoms with Gasteiger partial charge in [-0.15, -0.1) is 0 Å². The van der Waals surface area contributed by atoms with Crippen molar-refractivity contribution < 1.29 is 9.59 Å². The van der Waals surface area contributed by atoms with E-state index in [1.807, 2.05) is 43.3 Å². The maximum atomic E-state index is 12.5. The average molecular weight is 281 g/mol. The normalized spacial score (nSPS) is 11.7. The lowest BCUT2D eigenvalue weighted by Gasteiger charge is -2.16. The molecule has 1 unspecified atom stereocenters. The van der Waals surface area contributed by atoms with Crippen molar-refractivity contribution in [2.24, 2.45) is 0 Å². The fraction of sp³-hybridized carbons (Fsp3) is 0.222. The van der Waals surface area contributed by atoms with Gasteiger partial charge in [-0.05, 0) is 31.0 Å². The van der Waals surface area contributed by atoms with Crippen molar-refractivity contribution in [3.05, 3.63) is 65.7 Å². The van der Waals surface area contributed by atoms with E-state index in [2.05, 4.69) is 5.32 Å². The smallest absolute Gasteiger partial charge is 0.231 e. The Morgan fingerprint density at radius 3 is 2.24 bits per heavy atom. The van der Waals surface area contributed by atoms with Gasteiger partial charge < -0.3 is 5.32 Å². The van der Waals surface area contributed by atoms with Crippen LogP contribution in [0.5, 0.6) is 0 Å². The highest BCUT2D eigenvalue weighted by Crippen LogP contribution is 2.23. The number of hydrogen-bond acceptors (Lipinski definition) is 2. The summed E-state index contributed by atoms with van der Waals surface area (Å²) in [6.45, 7) is 3.48. The third-order valence-corrected chi connectivity index (χ3v) is 3.49. The van der Waals surface area contributed by atoms with E-state index in [-0.39, 0.29) is 17.6 Å². The maximum absolute atomic E-state index is 12.5. The third-order valence-electron chi connectivity index (χ3n) is 3.49. The molecule has 0 aromatic heterocycles. The van der Waals surface area contributed by atoms with Gasteiger partial charge in [-0.1, -0.05) is 49.4 Å². The summed E-state index contributed by atoms with van der Waals surface area (Å²) >= 11 is 0. The Morgan fingerprint density at radius 2 is 1.62 bits per heavy atom. The lowest BCUT2D eigenvalue weighted by atomic mass is 9.95. The maximum Gasteiger partial charge on any atom is 0.231 e. The summed E-state index contributed by atoms with van der Waals surface area (Å²) in [4.78, 5) is 24.1. The highest BCUT2D eigenvalue weighted by Gasteiger charge is 2.19. The van der Waals surface area contributed by atoms with Crippen molar-refractivity contribution in [2.75, 3.05) is 5.32 Å². The molecule has 0 spiro atoms. The monoisotopic (exact) mass is 281 g/mol. The zero-order valence-corrected chi connectivity index (χ0v) is 12.3. The molecule has 3 heteroatoms. The topological polar surface area (TPSA) is 46.2 Å². The van der Waals surface area contributed by atoms with Crippen LogP contribution in [-0.4, -0.2) is 11.7 Å². The predicted molar refractivity (Wildman–Crippen MR) is 84.6 cm³/mol. The molecule has 0 aliphatic carbocycles. The number of carbonyl (C=O) groups is 2. The first-order valence-corrected chi connectivity index (χ1v) is 7.09. The molecule has 3 nitrogen and oxygen atoms in total. The second-order valence-corrected chi connectivity index (χ2v) is 4.96. The molecule has 1 atom stereocenters. The zero-order chi connectivity index (χ0) is 15.2. The molecule has 108 valence electrons. The van der Waals surface area contributed by atoms with Crippen molar-refractivity contribution in [1.82, 2.24) is 0 Å². The Balaban J connectivity index is 2.23. The summed E-state index contributed by atoms with van der Waals surface area (Å²) < 4.78 is 0. The van der Waals surface area contributed by atoms with Crippen molar-refractivity contribution >= 4 is 17.4 Å². The van der Waals surface area contributed by atoms with Gasteiger partial charge in [0.05, 0.1) is 11.6 Å². The second-order valence-electron chi connectivity index (χ2n) is 4.96. The van der Waals surface area contributed by atoms with Crippen LogP contribution in [0.25, 0.3) is 0 Å². The zero-order valence-electron chi connectivity index (χ0n) is 12.3. The molecule has 2 aromatic rings. The fourth-order valence-electron chi connectivity index (χ4n) is 2.38. The van der Waals surface area contributed by atoms with Gasteiger partial charge in [0, 0.05) is 5.56 Å². The van der Waals surface area contributed by atoms with E-state index in [0.29, 0.717) is 17.7 Å². The molecule has 0 saturated heterocycles. The van der Waals surface area contributed by atoms with Gasteiger partial charge in [-0.3, -0.25) is 9.59 Å². The highest BCUT2D eigenvalue weighted by molar-refractivity contribution is 6.05. The molecule has 0 aliphatic rings. The minimum absolute atomic E-state index is 0.0568. The van der Waals surface area contributed by atoms with E-state index in [1.54, 1.807) is 18.2 Å². The molecule has 21 heavy (non-hydrogen) atoms. The van der Waals surface area contributed by atoms with Crippen molar-refractivity contribution in [3.63, 3.8) is 0 Å². The number of nitrogens with one attached hydrogen (secondary N) is 1. The summed E-state index contributed by atoms with van der Waals surface area (Å²) in [6, 6.07) is 16.8. The number of benzene rings is 2. The van der Waals surface area contributed by atoms with Crippen LogP contribution in [0.3, 0.4) is 0 Å². The van der Waals surface area contributed by atoms with E-state index < -0.39 is 0 Å². The predicted octanol–water partition coefficient (Wildman–Crippen LogP) is 4.02. The number of rotatable bonds is 5. The summed E-state index contributed by atoms with van der Waals surface area (Å²) in [6.07, 6.45) is 0.706. The Morgan fingerprint density at radius 1 is 1.00 bits per heavy atom. The SMILES string of the molecule is CCC(C(=O)Nc1ccccc1C(C)=O)c1ccccc1. The van der Waals surface area contributed by atoms with E-state index >= 15 is 0 Å². The van der Waals surface area contributed by atoms with Gasteiger partial charge >= 0.3 is 0 Å². The minimum Gasteiger partial charge on any atom is -0.325 e. The fourth-order valence-corrected chi connectivity index (χ4v) is 2.38. The first-order valence-electron chi connectivity index (χ1n) is 7.09. The second kappa shape index (κ2) is 6.84. The van der Waals surface area contributed by atoms with Crippen LogP contribution >= 0.6 is 0 Å². The number of ketones is 1. The number of amides is 1. The molecule has 0 bridgehead atoms. The molecule has 2 aromatic carbocycles. The summed E-state index contributed by atoms with van der Waals surface area (Å²) in [7, 11) is 0. The summed E-state index contributed by atoms with van der Waals surface area (Å²) in [5.41, 5.74) is 2.09. The van der Waals surface area contributed by atoms with E-state index in [9.17, 15) is 9.59 Å². The van der Waals surface area contributed by atoms with Gasteiger partial charge in [0.15, 0.2) is 5.78 Å². The molecule has 0 fully saturated rings. The van der Waals surface area contributed by atoms with Gasteiger partial charge in [0.25, 0.3) is 0 Å². The summed E-state index contributed by atoms with van der Waals surface area (Å²) in [5, 5.41) is 2.88. The van der Waals surface area contributed by atoms with Crippen molar-refractivity contribution in [1.29, 1.82) is 0 Å². The number of anilines is 1. The number of hydrogen-bond donors (Lipinski definition) is 1. The number of Topliss-reactive ketones (excluding diaryl/α,β-unsaturated/α-hetero) is 1. The molecule has 0 heterocycles. The lowest BCUT2D eigenvalue weighted by molar-refractivity contribution is -0.117. The van der Waals surface area contributed by atoms with E-state index in [4.69, 9.17) is 0 Å². The molecule has 0 saturated carbocycles. The first kappa shape index (κ1) is 15.0. The quantitative estimate of drug-likeness (QED) is 0.841. The van der Waals surface area contributed by atoms with Crippen LogP contribution in [0.1, 0.15) is 42.1 Å². The number of carbonyl (C=O) groups excluding carboxylic acids is 2. The largest absolute Gasteiger partial charge is 0.325 e. The minimum atomic E-state index is -0.216. The number of para-hydroxylation sites is 1. The van der Waals surface area contributed by atoms with Crippen LogP contribution in [0.2, 0.25) is 0 Å². The van der Waals surface area contributed by atoms with Gasteiger partial charge in [0.2, 0.25) is 5.91 Å². The van der Waals surface area contributed by atoms with Crippen LogP contribution in [0, 0.1) is 0 Å². The third kappa shape index (κ3) is 3.57. The van der Waals surface area contributed by atoms with Gasteiger partial charge in [-0.25, -0.2) is 0 Å². The molecule has 1 amide bonds. The first-order chi connectivity index (χ1) is 10.1. The van der Waals surface area contributed by atoms with E-state index in [1.165, 1.54) is 6.92 Å². The molecule has 1 N–H and O–H groups in total. The van der Waals surface area contributed by atoms with Crippen LogP contribution in [-0.2, 0) is 4.79 Å². The molecule has 0 aliphatic heterocycles. The molecular weight excluding hydrogens is 262 g/mol. The Bertz CT molecular complexity index is 635. The lowest BCUT2D eigenvalue weighted by Crippen LogP contribution is -2.21. The molecule has 2 rings (SSSR count). The van der Waals surface area contributed by atoms with Crippen molar-refractivity contribution in [3.8, 4) is 0 Å².